The fourth-order valence-electron chi connectivity index (χ4n) is 4.56. The second-order valence-corrected chi connectivity index (χ2v) is 7.66. The summed E-state index contributed by atoms with van der Waals surface area (Å²) in [5.41, 5.74) is 1.22. The van der Waals surface area contributed by atoms with Crippen LogP contribution in [0.2, 0.25) is 0 Å². The third-order valence-corrected chi connectivity index (χ3v) is 5.86. The molecule has 2 aromatic carbocycles. The van der Waals surface area contributed by atoms with E-state index >= 15 is 0 Å². The maximum Gasteiger partial charge on any atom is 0.254 e. The molecule has 2 saturated heterocycles. The summed E-state index contributed by atoms with van der Waals surface area (Å²) < 4.78 is 27.0. The number of nitrogens with one attached hydrogen (secondary N) is 1. The van der Waals surface area contributed by atoms with E-state index in [4.69, 9.17) is 0 Å². The average molecular weight is 370 g/mol. The summed E-state index contributed by atoms with van der Waals surface area (Å²) in [5, 5.41) is 3.04. The Bertz CT molecular complexity index is 794. The van der Waals surface area contributed by atoms with Gasteiger partial charge < -0.3 is 5.32 Å². The molecule has 0 saturated carbocycles. The zero-order valence-corrected chi connectivity index (χ0v) is 15.2. The first-order valence-electron chi connectivity index (χ1n) is 9.66. The molecule has 0 spiro atoms. The first kappa shape index (κ1) is 18.1. The van der Waals surface area contributed by atoms with Gasteiger partial charge in [0.05, 0.1) is 5.56 Å². The minimum atomic E-state index is -0.482. The van der Waals surface area contributed by atoms with Crippen LogP contribution in [-0.4, -0.2) is 28.9 Å². The molecule has 2 heterocycles. The first-order chi connectivity index (χ1) is 13.1. The number of benzene rings is 2. The Morgan fingerprint density at radius 3 is 2.33 bits per heavy atom. The lowest BCUT2D eigenvalue weighted by molar-refractivity contribution is 0.0176. The van der Waals surface area contributed by atoms with Crippen LogP contribution in [0.3, 0.4) is 0 Å². The lowest BCUT2D eigenvalue weighted by Gasteiger charge is -2.49. The van der Waals surface area contributed by atoms with E-state index < -0.39 is 5.82 Å². The summed E-state index contributed by atoms with van der Waals surface area (Å²) in [6, 6.07) is 13.7. The molecule has 1 N–H and O–H groups in total. The van der Waals surface area contributed by atoms with E-state index in [1.165, 1.54) is 30.7 Å². The van der Waals surface area contributed by atoms with Crippen LogP contribution in [0.25, 0.3) is 0 Å². The molecule has 4 rings (SSSR count). The molecule has 3 atom stereocenters. The van der Waals surface area contributed by atoms with Gasteiger partial charge in [-0.1, -0.05) is 30.7 Å². The Morgan fingerprint density at radius 2 is 1.67 bits per heavy atom. The fraction of sp³-hybridized carbons (Fsp3) is 0.409. The highest BCUT2D eigenvalue weighted by molar-refractivity contribution is 5.94. The topological polar surface area (TPSA) is 32.3 Å². The quantitative estimate of drug-likeness (QED) is 0.871. The highest BCUT2D eigenvalue weighted by atomic mass is 19.1. The van der Waals surface area contributed by atoms with Gasteiger partial charge in [-0.25, -0.2) is 8.78 Å². The molecule has 0 aromatic heterocycles. The van der Waals surface area contributed by atoms with Gasteiger partial charge in [0, 0.05) is 24.7 Å². The lowest BCUT2D eigenvalue weighted by atomic mass is 9.81. The summed E-state index contributed by atoms with van der Waals surface area (Å²) in [5.74, 6) is -1.03. The molecule has 0 aliphatic carbocycles. The van der Waals surface area contributed by atoms with Gasteiger partial charge in [0.2, 0.25) is 0 Å². The summed E-state index contributed by atoms with van der Waals surface area (Å²) in [7, 11) is 0. The molecule has 1 unspecified atom stereocenters. The van der Waals surface area contributed by atoms with E-state index in [-0.39, 0.29) is 23.3 Å². The van der Waals surface area contributed by atoms with Gasteiger partial charge in [-0.05, 0) is 55.5 Å². The Morgan fingerprint density at radius 1 is 1.00 bits per heavy atom. The predicted molar refractivity (Wildman–Crippen MR) is 100 cm³/mol. The van der Waals surface area contributed by atoms with Gasteiger partial charge in [-0.3, -0.25) is 9.69 Å². The number of nitrogens with zero attached hydrogens (tertiary/aromatic N) is 1. The number of fused-ring (bicyclic) bond motifs is 2. The zero-order valence-electron chi connectivity index (χ0n) is 15.2. The van der Waals surface area contributed by atoms with Crippen molar-refractivity contribution in [3.8, 4) is 0 Å². The van der Waals surface area contributed by atoms with E-state index in [2.05, 4.69) is 10.2 Å². The number of hydrogen-bond donors (Lipinski definition) is 1. The molecule has 2 aliphatic heterocycles. The largest absolute Gasteiger partial charge is 0.349 e. The molecule has 2 aromatic rings. The molecular formula is C22H24F2N2O. The van der Waals surface area contributed by atoms with Crippen molar-refractivity contribution in [3.05, 3.63) is 71.3 Å². The molecule has 2 bridgehead atoms. The maximum absolute atomic E-state index is 13.9. The van der Waals surface area contributed by atoms with Gasteiger partial charge in [0.25, 0.3) is 5.91 Å². The van der Waals surface area contributed by atoms with Gasteiger partial charge in [-0.2, -0.15) is 0 Å². The first-order valence-corrected chi connectivity index (χ1v) is 9.66. The van der Waals surface area contributed by atoms with Crippen molar-refractivity contribution in [2.75, 3.05) is 0 Å². The highest BCUT2D eigenvalue weighted by Crippen LogP contribution is 2.35. The van der Waals surface area contributed by atoms with Crippen LogP contribution < -0.4 is 5.32 Å². The minimum absolute atomic E-state index is 0.0665. The monoisotopic (exact) mass is 370 g/mol. The van der Waals surface area contributed by atoms with E-state index in [1.807, 2.05) is 12.1 Å². The number of hydrogen-bond acceptors (Lipinski definition) is 2. The molecule has 1 amide bonds. The smallest absolute Gasteiger partial charge is 0.254 e. The number of rotatable bonds is 4. The van der Waals surface area contributed by atoms with E-state index in [1.54, 1.807) is 12.1 Å². The summed E-state index contributed by atoms with van der Waals surface area (Å²) in [6.07, 6.45) is 5.15. The van der Waals surface area contributed by atoms with Crippen LogP contribution in [0.1, 0.15) is 48.0 Å². The molecule has 0 radical (unpaired) electrons. The standard InChI is InChI=1S/C22H24F2N2O/c23-16-10-8-15(9-11-16)14-26-18-4-3-5-19(26)13-17(12-18)25-22(27)20-6-1-2-7-21(20)24/h1-2,6-11,17-19H,3-5,12-14H2,(H,25,27)/t17?,18-,19+. The van der Waals surface area contributed by atoms with E-state index in [9.17, 15) is 13.6 Å². The number of piperidine rings is 2. The van der Waals surface area contributed by atoms with Crippen molar-refractivity contribution in [1.29, 1.82) is 0 Å². The number of amides is 1. The Labute approximate surface area is 158 Å². The summed E-state index contributed by atoms with van der Waals surface area (Å²) >= 11 is 0. The average Bonchev–Trinajstić information content (AvgIpc) is 2.64. The minimum Gasteiger partial charge on any atom is -0.349 e. The molecular weight excluding hydrogens is 346 g/mol. The van der Waals surface area contributed by atoms with E-state index in [0.717, 1.165) is 37.8 Å². The van der Waals surface area contributed by atoms with Crippen molar-refractivity contribution in [3.63, 3.8) is 0 Å². The predicted octanol–water partition coefficient (Wildman–Crippen LogP) is 4.28. The Balaban J connectivity index is 1.42. The van der Waals surface area contributed by atoms with Crippen LogP contribution in [0.15, 0.2) is 48.5 Å². The van der Waals surface area contributed by atoms with Crippen molar-refractivity contribution >= 4 is 5.91 Å². The van der Waals surface area contributed by atoms with Crippen molar-refractivity contribution in [2.24, 2.45) is 0 Å². The van der Waals surface area contributed by atoms with Crippen molar-refractivity contribution in [1.82, 2.24) is 10.2 Å². The second kappa shape index (κ2) is 7.77. The molecule has 27 heavy (non-hydrogen) atoms. The van der Waals surface area contributed by atoms with Crippen LogP contribution in [0, 0.1) is 11.6 Å². The van der Waals surface area contributed by atoms with Crippen molar-refractivity contribution < 1.29 is 13.6 Å². The summed E-state index contributed by atoms with van der Waals surface area (Å²) in [4.78, 5) is 15.0. The third-order valence-electron chi connectivity index (χ3n) is 5.86. The lowest BCUT2D eigenvalue weighted by Crippen LogP contribution is -2.56. The third kappa shape index (κ3) is 4.03. The number of carbonyl (C=O) groups is 1. The van der Waals surface area contributed by atoms with Crippen molar-refractivity contribution in [2.45, 2.75) is 56.8 Å². The highest BCUT2D eigenvalue weighted by Gasteiger charge is 2.38. The van der Waals surface area contributed by atoms with Gasteiger partial charge >= 0.3 is 0 Å². The van der Waals surface area contributed by atoms with Crippen LogP contribution in [-0.2, 0) is 6.54 Å². The van der Waals surface area contributed by atoms with Crippen LogP contribution >= 0.6 is 0 Å². The van der Waals surface area contributed by atoms with Gasteiger partial charge in [0.1, 0.15) is 11.6 Å². The SMILES string of the molecule is O=C(NC1C[C@H]2CCC[C@@H](C1)N2Cc1ccc(F)cc1)c1ccccc1F. The molecule has 2 fully saturated rings. The molecule has 2 aliphatic rings. The molecule has 3 nitrogen and oxygen atoms in total. The zero-order chi connectivity index (χ0) is 18.8. The Hall–Kier alpha value is -2.27. The second-order valence-electron chi connectivity index (χ2n) is 7.66. The van der Waals surface area contributed by atoms with Gasteiger partial charge in [-0.15, -0.1) is 0 Å². The normalized spacial score (nSPS) is 25.2. The van der Waals surface area contributed by atoms with E-state index in [0.29, 0.717) is 12.1 Å². The van der Waals surface area contributed by atoms with Gasteiger partial charge in [0.15, 0.2) is 0 Å². The van der Waals surface area contributed by atoms with Crippen LogP contribution in [0.4, 0.5) is 8.78 Å². The molecule has 142 valence electrons. The van der Waals surface area contributed by atoms with Crippen LogP contribution in [0.5, 0.6) is 0 Å². The molecule has 5 heteroatoms. The number of carbonyl (C=O) groups excluding carboxylic acids is 1. The number of halogens is 2. The maximum atomic E-state index is 13.9. The fourth-order valence-corrected chi connectivity index (χ4v) is 4.56. The summed E-state index contributed by atoms with van der Waals surface area (Å²) in [6.45, 7) is 0.809. The Kier molecular flexibility index (Phi) is 5.21.